The Labute approximate surface area is 156 Å². The zero-order valence-corrected chi connectivity index (χ0v) is 14.9. The van der Waals surface area contributed by atoms with E-state index in [0.29, 0.717) is 25.1 Å². The third-order valence-corrected chi connectivity index (χ3v) is 5.41. The third-order valence-electron chi connectivity index (χ3n) is 5.41. The second-order valence-corrected chi connectivity index (χ2v) is 6.83. The zero-order valence-electron chi connectivity index (χ0n) is 14.9. The van der Waals surface area contributed by atoms with Crippen LogP contribution < -0.4 is 4.74 Å². The van der Waals surface area contributed by atoms with Crippen molar-refractivity contribution in [2.45, 2.75) is 24.4 Å². The van der Waals surface area contributed by atoms with Gasteiger partial charge in [-0.2, -0.15) is 0 Å². The Morgan fingerprint density at radius 2 is 2.11 bits per heavy atom. The van der Waals surface area contributed by atoms with Crippen molar-refractivity contribution in [3.8, 4) is 5.75 Å². The van der Waals surface area contributed by atoms with E-state index in [2.05, 4.69) is 0 Å². The summed E-state index contributed by atoms with van der Waals surface area (Å²) in [6.45, 7) is 1.03. The molecule has 2 saturated heterocycles. The van der Waals surface area contributed by atoms with Gasteiger partial charge in [-0.05, 0) is 41.8 Å². The van der Waals surface area contributed by atoms with Crippen LogP contribution >= 0.6 is 0 Å². The molecule has 3 atom stereocenters. The molecule has 0 saturated carbocycles. The summed E-state index contributed by atoms with van der Waals surface area (Å²) in [5.41, 5.74) is 0.548. The predicted octanol–water partition coefficient (Wildman–Crippen LogP) is 2.94. The van der Waals surface area contributed by atoms with Crippen molar-refractivity contribution < 1.29 is 28.1 Å². The number of methoxy groups -OCH3 is 1. The minimum atomic E-state index is -0.936. The molecule has 1 unspecified atom stereocenters. The molecule has 0 amide bonds. The van der Waals surface area contributed by atoms with Gasteiger partial charge in [-0.25, -0.2) is 8.78 Å². The molecule has 2 aliphatic heterocycles. The number of nitrogens with zero attached hydrogens (tertiary/aromatic N) is 1. The van der Waals surface area contributed by atoms with Crippen LogP contribution in [0.4, 0.5) is 8.78 Å². The summed E-state index contributed by atoms with van der Waals surface area (Å²) >= 11 is 0. The smallest absolute Gasteiger partial charge is 0.165 e. The molecule has 144 valence electrons. The van der Waals surface area contributed by atoms with Crippen molar-refractivity contribution in [2.75, 3.05) is 27.0 Å². The molecular weight excluding hydrogens is 356 g/mol. The van der Waals surface area contributed by atoms with E-state index in [1.165, 1.54) is 37.4 Å². The van der Waals surface area contributed by atoms with Crippen LogP contribution in [0.15, 0.2) is 42.5 Å². The number of hydrogen-bond donors (Lipinski definition) is 1. The van der Waals surface area contributed by atoms with Gasteiger partial charge in [-0.15, -0.1) is 0 Å². The average molecular weight is 377 g/mol. The number of hydrogen-bond acceptors (Lipinski definition) is 5. The summed E-state index contributed by atoms with van der Waals surface area (Å²) in [4.78, 5) is 1.84. The molecule has 2 aliphatic rings. The van der Waals surface area contributed by atoms with Gasteiger partial charge in [0.25, 0.3) is 0 Å². The Morgan fingerprint density at radius 3 is 2.89 bits per heavy atom. The van der Waals surface area contributed by atoms with Crippen LogP contribution in [0.3, 0.4) is 0 Å². The molecule has 5 nitrogen and oxygen atoms in total. The standard InChI is InChI=1S/C20H21F2NO4/c1-25-17-9-13(5-6-16(17)22)19(24)23-8-7-20(18(11-23)26-12-27-20)14-3-2-4-15(21)10-14/h2-6,9-10,18-19,24H,7-8,11-12H2,1H3/t18-,19?,20-/m1/s1. The van der Waals surface area contributed by atoms with E-state index in [0.717, 1.165) is 5.56 Å². The Morgan fingerprint density at radius 1 is 1.26 bits per heavy atom. The highest BCUT2D eigenvalue weighted by molar-refractivity contribution is 5.32. The van der Waals surface area contributed by atoms with Crippen molar-refractivity contribution >= 4 is 0 Å². The van der Waals surface area contributed by atoms with Crippen molar-refractivity contribution in [1.29, 1.82) is 0 Å². The molecule has 4 rings (SSSR count). The number of aliphatic hydroxyl groups excluding tert-OH is 1. The van der Waals surface area contributed by atoms with Crippen LogP contribution in [0.2, 0.25) is 0 Å². The largest absolute Gasteiger partial charge is 0.494 e. The molecule has 0 aromatic heterocycles. The van der Waals surface area contributed by atoms with Crippen LogP contribution in [0.25, 0.3) is 0 Å². The molecule has 0 aliphatic carbocycles. The van der Waals surface area contributed by atoms with Crippen LogP contribution in [-0.4, -0.2) is 43.1 Å². The number of likely N-dealkylation sites (tertiary alicyclic amines) is 1. The number of rotatable bonds is 4. The van der Waals surface area contributed by atoms with Crippen molar-refractivity contribution in [3.63, 3.8) is 0 Å². The van der Waals surface area contributed by atoms with E-state index >= 15 is 0 Å². The Kier molecular flexibility index (Phi) is 4.86. The number of benzene rings is 2. The number of aliphatic hydroxyl groups is 1. The van der Waals surface area contributed by atoms with Gasteiger partial charge in [0.1, 0.15) is 30.5 Å². The predicted molar refractivity (Wildman–Crippen MR) is 93.0 cm³/mol. The maximum absolute atomic E-state index is 13.7. The maximum atomic E-state index is 13.7. The van der Waals surface area contributed by atoms with E-state index in [4.69, 9.17) is 14.2 Å². The summed E-state index contributed by atoms with van der Waals surface area (Å²) < 4.78 is 44.0. The molecule has 2 aromatic carbocycles. The Bertz CT molecular complexity index is 833. The highest BCUT2D eigenvalue weighted by Gasteiger charge is 2.51. The first-order chi connectivity index (χ1) is 13.0. The third kappa shape index (κ3) is 3.21. The number of fused-ring (bicyclic) bond motifs is 1. The van der Waals surface area contributed by atoms with E-state index in [1.54, 1.807) is 6.07 Å². The van der Waals surface area contributed by atoms with Gasteiger partial charge in [0, 0.05) is 13.1 Å². The fourth-order valence-electron chi connectivity index (χ4n) is 3.93. The molecular formula is C20H21F2NO4. The molecule has 2 fully saturated rings. The zero-order chi connectivity index (χ0) is 19.0. The van der Waals surface area contributed by atoms with Gasteiger partial charge >= 0.3 is 0 Å². The highest BCUT2D eigenvalue weighted by Crippen LogP contribution is 2.44. The van der Waals surface area contributed by atoms with Gasteiger partial charge in [0.2, 0.25) is 0 Å². The van der Waals surface area contributed by atoms with Gasteiger partial charge < -0.3 is 19.3 Å². The van der Waals surface area contributed by atoms with Crippen LogP contribution in [0.5, 0.6) is 5.75 Å². The minimum Gasteiger partial charge on any atom is -0.494 e. The van der Waals surface area contributed by atoms with E-state index in [9.17, 15) is 13.9 Å². The van der Waals surface area contributed by atoms with Crippen molar-refractivity contribution in [2.24, 2.45) is 0 Å². The Balaban J connectivity index is 1.56. The normalized spacial score (nSPS) is 26.6. The lowest BCUT2D eigenvalue weighted by atomic mass is 9.82. The molecule has 1 N–H and O–H groups in total. The molecule has 0 bridgehead atoms. The lowest BCUT2D eigenvalue weighted by Crippen LogP contribution is -2.52. The summed E-state index contributed by atoms with van der Waals surface area (Å²) in [5, 5.41) is 10.8. The molecule has 2 aromatic rings. The monoisotopic (exact) mass is 377 g/mol. The van der Waals surface area contributed by atoms with Gasteiger partial charge in [-0.1, -0.05) is 18.2 Å². The summed E-state index contributed by atoms with van der Waals surface area (Å²) in [6, 6.07) is 10.6. The first-order valence-electron chi connectivity index (χ1n) is 8.80. The van der Waals surface area contributed by atoms with E-state index in [-0.39, 0.29) is 24.5 Å². The van der Waals surface area contributed by atoms with Gasteiger partial charge in [-0.3, -0.25) is 4.90 Å². The van der Waals surface area contributed by atoms with E-state index < -0.39 is 17.6 Å². The first-order valence-corrected chi connectivity index (χ1v) is 8.80. The van der Waals surface area contributed by atoms with E-state index in [1.807, 2.05) is 11.0 Å². The van der Waals surface area contributed by atoms with Gasteiger partial charge in [0.05, 0.1) is 7.11 Å². The van der Waals surface area contributed by atoms with Gasteiger partial charge in [0.15, 0.2) is 11.6 Å². The summed E-state index contributed by atoms with van der Waals surface area (Å²) in [5.74, 6) is -0.722. The van der Waals surface area contributed by atoms with Crippen LogP contribution in [-0.2, 0) is 15.1 Å². The van der Waals surface area contributed by atoms with Crippen molar-refractivity contribution in [3.05, 3.63) is 65.2 Å². The second-order valence-electron chi connectivity index (χ2n) is 6.83. The minimum absolute atomic E-state index is 0.0816. The first kappa shape index (κ1) is 18.3. The fraction of sp³-hybridized carbons (Fsp3) is 0.400. The SMILES string of the molecule is COc1cc(C(O)N2CC[C@]3(c4cccc(F)c4)OCO[C@@H]3C2)ccc1F. The topological polar surface area (TPSA) is 51.2 Å². The number of ether oxygens (including phenoxy) is 3. The molecule has 0 radical (unpaired) electrons. The summed E-state index contributed by atoms with van der Waals surface area (Å²) in [7, 11) is 1.38. The molecule has 7 heteroatoms. The number of halogens is 2. The lowest BCUT2D eigenvalue weighted by molar-refractivity contribution is -0.0949. The molecule has 0 spiro atoms. The average Bonchev–Trinajstić information content (AvgIpc) is 3.12. The molecule has 27 heavy (non-hydrogen) atoms. The lowest BCUT2D eigenvalue weighted by Gasteiger charge is -2.43. The highest BCUT2D eigenvalue weighted by atomic mass is 19.1. The van der Waals surface area contributed by atoms with Crippen LogP contribution in [0.1, 0.15) is 23.8 Å². The van der Waals surface area contributed by atoms with Crippen LogP contribution in [0, 0.1) is 11.6 Å². The fourth-order valence-corrected chi connectivity index (χ4v) is 3.93. The number of piperidine rings is 1. The molecule has 2 heterocycles. The summed E-state index contributed by atoms with van der Waals surface area (Å²) in [6.07, 6.45) is -0.740. The second kappa shape index (κ2) is 7.16. The quantitative estimate of drug-likeness (QED) is 0.888. The van der Waals surface area contributed by atoms with Crippen molar-refractivity contribution in [1.82, 2.24) is 4.90 Å². The maximum Gasteiger partial charge on any atom is 0.165 e. The Hall–Kier alpha value is -2.06.